The maximum absolute atomic E-state index is 13.9. The molecule has 2 aromatic carbocycles. The first kappa shape index (κ1) is 19.6. The van der Waals surface area contributed by atoms with Crippen molar-refractivity contribution in [3.63, 3.8) is 0 Å². The molecule has 1 N–H and O–H groups in total. The quantitative estimate of drug-likeness (QED) is 0.656. The van der Waals surface area contributed by atoms with Gasteiger partial charge in [-0.1, -0.05) is 36.4 Å². The number of carbonyl (C=O) groups excluding carboxylic acids is 2. The van der Waals surface area contributed by atoms with Gasteiger partial charge in [-0.05, 0) is 41.8 Å². The predicted molar refractivity (Wildman–Crippen MR) is 110 cm³/mol. The fourth-order valence-electron chi connectivity index (χ4n) is 3.36. The summed E-state index contributed by atoms with van der Waals surface area (Å²) in [5, 5.41) is 2.80. The normalized spacial score (nSPS) is 12.8. The Morgan fingerprint density at radius 2 is 1.80 bits per heavy atom. The number of amides is 1. The Bertz CT molecular complexity index is 1090. The van der Waals surface area contributed by atoms with E-state index in [1.165, 1.54) is 30.0 Å². The van der Waals surface area contributed by atoms with E-state index in [4.69, 9.17) is 4.74 Å². The number of hydrogen-bond donors (Lipinski definition) is 1. The highest BCUT2D eigenvalue weighted by Crippen LogP contribution is 2.22. The number of pyridine rings is 1. The van der Waals surface area contributed by atoms with Crippen LogP contribution < -0.4 is 5.32 Å². The van der Waals surface area contributed by atoms with Gasteiger partial charge >= 0.3 is 5.97 Å². The minimum absolute atomic E-state index is 0.123. The number of esters is 1. The molecule has 1 aliphatic rings. The van der Waals surface area contributed by atoms with E-state index in [1.54, 1.807) is 23.1 Å². The van der Waals surface area contributed by atoms with Crippen LogP contribution in [0.2, 0.25) is 0 Å². The molecule has 30 heavy (non-hydrogen) atoms. The highest BCUT2D eigenvalue weighted by molar-refractivity contribution is 5.96. The fourth-order valence-corrected chi connectivity index (χ4v) is 3.36. The first-order chi connectivity index (χ1) is 14.6. The second-order valence-electron chi connectivity index (χ2n) is 6.91. The molecule has 3 aromatic rings. The summed E-state index contributed by atoms with van der Waals surface area (Å²) in [6.07, 6.45) is 2.26. The van der Waals surface area contributed by atoms with Crippen LogP contribution in [-0.4, -0.2) is 34.9 Å². The van der Waals surface area contributed by atoms with Crippen molar-refractivity contribution in [3.05, 3.63) is 89.4 Å². The van der Waals surface area contributed by atoms with Gasteiger partial charge in [0, 0.05) is 19.3 Å². The third-order valence-electron chi connectivity index (χ3n) is 4.96. The summed E-state index contributed by atoms with van der Waals surface area (Å²) in [7, 11) is 0. The minimum atomic E-state index is -0.701. The molecule has 1 aromatic heterocycles. The maximum atomic E-state index is 13.9. The van der Waals surface area contributed by atoms with Gasteiger partial charge in [-0.25, -0.2) is 14.2 Å². The van der Waals surface area contributed by atoms with Crippen LogP contribution in [0.1, 0.15) is 21.5 Å². The van der Waals surface area contributed by atoms with E-state index in [2.05, 4.69) is 16.4 Å². The molecule has 0 saturated carbocycles. The van der Waals surface area contributed by atoms with Gasteiger partial charge in [-0.15, -0.1) is 0 Å². The van der Waals surface area contributed by atoms with Crippen LogP contribution in [0.4, 0.5) is 15.9 Å². The highest BCUT2D eigenvalue weighted by Gasteiger charge is 2.22. The van der Waals surface area contributed by atoms with E-state index < -0.39 is 11.8 Å². The third-order valence-corrected chi connectivity index (χ3v) is 4.96. The molecule has 0 bridgehead atoms. The summed E-state index contributed by atoms with van der Waals surface area (Å²) in [6, 6.07) is 17.2. The number of carbonyl (C=O) groups is 2. The first-order valence-electron chi connectivity index (χ1n) is 9.60. The van der Waals surface area contributed by atoms with Gasteiger partial charge in [0.05, 0.1) is 5.69 Å². The lowest BCUT2D eigenvalue weighted by Crippen LogP contribution is -2.38. The molecule has 7 heteroatoms. The number of benzene rings is 2. The Balaban J connectivity index is 1.40. The maximum Gasteiger partial charge on any atom is 0.342 e. The number of fused-ring (bicyclic) bond motifs is 1. The van der Waals surface area contributed by atoms with E-state index in [9.17, 15) is 14.0 Å². The summed E-state index contributed by atoms with van der Waals surface area (Å²) in [5.74, 6) is -1.27. The fraction of sp³-hybridized carbons (Fsp3) is 0.174. The zero-order valence-electron chi connectivity index (χ0n) is 16.2. The summed E-state index contributed by atoms with van der Waals surface area (Å²) in [6.45, 7) is 0.717. The van der Waals surface area contributed by atoms with E-state index in [-0.39, 0.29) is 29.6 Å². The smallest absolute Gasteiger partial charge is 0.342 e. The van der Waals surface area contributed by atoms with Crippen LogP contribution in [0.25, 0.3) is 0 Å². The molecule has 2 heterocycles. The van der Waals surface area contributed by atoms with Gasteiger partial charge in [-0.2, -0.15) is 0 Å². The molecule has 152 valence electrons. The second-order valence-corrected chi connectivity index (χ2v) is 6.91. The molecule has 0 atom stereocenters. The number of ether oxygens (including phenoxy) is 1. The number of anilines is 2. The molecular formula is C23H20FN3O3. The van der Waals surface area contributed by atoms with Crippen molar-refractivity contribution in [2.45, 2.75) is 13.0 Å². The molecule has 0 aliphatic carbocycles. The largest absolute Gasteiger partial charge is 0.452 e. The zero-order chi connectivity index (χ0) is 20.9. The standard InChI is InChI=1S/C23H20FN3O3/c24-19-9-3-4-10-20(19)26-22-18(8-5-12-25-22)23(29)30-15-21(28)27-13-11-16-6-1-2-7-17(16)14-27/h1-10,12H,11,13-15H2,(H,25,26). The summed E-state index contributed by atoms with van der Waals surface area (Å²) < 4.78 is 19.2. The lowest BCUT2D eigenvalue weighted by Gasteiger charge is -2.28. The van der Waals surface area contributed by atoms with Crippen molar-refractivity contribution in [3.8, 4) is 0 Å². The number of nitrogens with zero attached hydrogens (tertiary/aromatic N) is 2. The highest BCUT2D eigenvalue weighted by atomic mass is 19.1. The number of aromatic nitrogens is 1. The number of rotatable bonds is 5. The first-order valence-corrected chi connectivity index (χ1v) is 9.60. The molecular weight excluding hydrogens is 385 g/mol. The lowest BCUT2D eigenvalue weighted by molar-refractivity contribution is -0.135. The van der Waals surface area contributed by atoms with Crippen molar-refractivity contribution in [1.82, 2.24) is 9.88 Å². The van der Waals surface area contributed by atoms with E-state index in [0.717, 1.165) is 12.0 Å². The van der Waals surface area contributed by atoms with Crippen LogP contribution in [-0.2, 0) is 22.5 Å². The Kier molecular flexibility index (Phi) is 5.70. The van der Waals surface area contributed by atoms with Crippen LogP contribution >= 0.6 is 0 Å². The Labute approximate surface area is 173 Å². The van der Waals surface area contributed by atoms with Gasteiger partial charge < -0.3 is 15.0 Å². The summed E-state index contributed by atoms with van der Waals surface area (Å²) >= 11 is 0. The van der Waals surface area contributed by atoms with Crippen LogP contribution in [0.15, 0.2) is 66.9 Å². The molecule has 0 unspecified atom stereocenters. The number of nitrogens with one attached hydrogen (secondary N) is 1. The third kappa shape index (κ3) is 4.30. The minimum Gasteiger partial charge on any atom is -0.452 e. The Morgan fingerprint density at radius 3 is 2.63 bits per heavy atom. The Morgan fingerprint density at radius 1 is 1.03 bits per heavy atom. The van der Waals surface area contributed by atoms with Gasteiger partial charge in [0.15, 0.2) is 6.61 Å². The molecule has 0 saturated heterocycles. The average molecular weight is 405 g/mol. The monoisotopic (exact) mass is 405 g/mol. The Hall–Kier alpha value is -3.74. The molecule has 1 amide bonds. The molecule has 0 radical (unpaired) electrons. The van der Waals surface area contributed by atoms with Gasteiger partial charge in [0.1, 0.15) is 17.2 Å². The SMILES string of the molecule is O=C(OCC(=O)N1CCc2ccccc2C1)c1cccnc1Nc1ccccc1F. The van der Waals surface area contributed by atoms with Crippen molar-refractivity contribution in [1.29, 1.82) is 0 Å². The number of para-hydroxylation sites is 1. The summed E-state index contributed by atoms with van der Waals surface area (Å²) in [4.78, 5) is 30.9. The van der Waals surface area contributed by atoms with Crippen molar-refractivity contribution >= 4 is 23.4 Å². The van der Waals surface area contributed by atoms with E-state index in [1.807, 2.05) is 18.2 Å². The second kappa shape index (κ2) is 8.73. The van der Waals surface area contributed by atoms with Gasteiger partial charge in [0.25, 0.3) is 5.91 Å². The van der Waals surface area contributed by atoms with Crippen LogP contribution in [0.5, 0.6) is 0 Å². The van der Waals surface area contributed by atoms with Crippen molar-refractivity contribution in [2.75, 3.05) is 18.5 Å². The molecule has 0 spiro atoms. The van der Waals surface area contributed by atoms with Crippen molar-refractivity contribution < 1.29 is 18.7 Å². The van der Waals surface area contributed by atoms with E-state index >= 15 is 0 Å². The van der Waals surface area contributed by atoms with Crippen LogP contribution in [0.3, 0.4) is 0 Å². The molecule has 0 fully saturated rings. The molecule has 1 aliphatic heterocycles. The van der Waals surface area contributed by atoms with Gasteiger partial charge in [0.2, 0.25) is 0 Å². The predicted octanol–water partition coefficient (Wildman–Crippen LogP) is 3.71. The van der Waals surface area contributed by atoms with Gasteiger partial charge in [-0.3, -0.25) is 4.79 Å². The van der Waals surface area contributed by atoms with E-state index in [0.29, 0.717) is 13.1 Å². The van der Waals surface area contributed by atoms with Crippen molar-refractivity contribution in [2.24, 2.45) is 0 Å². The number of halogens is 1. The van der Waals surface area contributed by atoms with Crippen LogP contribution in [0, 0.1) is 5.82 Å². The average Bonchev–Trinajstić information content (AvgIpc) is 2.79. The topological polar surface area (TPSA) is 71.5 Å². The zero-order valence-corrected chi connectivity index (χ0v) is 16.2. The lowest BCUT2D eigenvalue weighted by atomic mass is 10.00. The molecule has 6 nitrogen and oxygen atoms in total. The number of hydrogen-bond acceptors (Lipinski definition) is 5. The molecule has 4 rings (SSSR count). The summed E-state index contributed by atoms with van der Waals surface area (Å²) in [5.41, 5.74) is 2.65.